The number of hydrogen-bond donors (Lipinski definition) is 1. The number of alkyl halides is 3. The van der Waals surface area contributed by atoms with Crippen LogP contribution >= 0.6 is 0 Å². The maximum Gasteiger partial charge on any atom is 0.394 e. The van der Waals surface area contributed by atoms with Crippen molar-refractivity contribution in [3.8, 4) is 0 Å². The van der Waals surface area contributed by atoms with Crippen LogP contribution in [-0.4, -0.2) is 54.9 Å². The number of likely N-dealkylation sites (tertiary alicyclic amines) is 1. The van der Waals surface area contributed by atoms with Gasteiger partial charge in [-0.25, -0.2) is 0 Å². The molecule has 0 aromatic rings. The summed E-state index contributed by atoms with van der Waals surface area (Å²) in [4.78, 5) is 13.6. The van der Waals surface area contributed by atoms with Crippen molar-refractivity contribution in [1.82, 2.24) is 10.2 Å². The van der Waals surface area contributed by atoms with E-state index in [1.54, 1.807) is 0 Å². The van der Waals surface area contributed by atoms with Gasteiger partial charge in [-0.3, -0.25) is 4.79 Å². The molecule has 2 saturated heterocycles. The van der Waals surface area contributed by atoms with Gasteiger partial charge in [-0.2, -0.15) is 13.2 Å². The molecule has 1 amide bonds. The summed E-state index contributed by atoms with van der Waals surface area (Å²) in [6.45, 7) is 5.01. The van der Waals surface area contributed by atoms with Crippen LogP contribution in [0.25, 0.3) is 0 Å². The van der Waals surface area contributed by atoms with Gasteiger partial charge in [0.15, 0.2) is 0 Å². The van der Waals surface area contributed by atoms with Crippen LogP contribution in [0.5, 0.6) is 0 Å². The van der Waals surface area contributed by atoms with Gasteiger partial charge in [0, 0.05) is 25.2 Å². The second kappa shape index (κ2) is 5.52. The van der Waals surface area contributed by atoms with Gasteiger partial charge in [-0.15, -0.1) is 0 Å². The topological polar surface area (TPSA) is 41.6 Å². The van der Waals surface area contributed by atoms with Crippen LogP contribution in [0.1, 0.15) is 26.7 Å². The molecule has 7 heteroatoms. The third-order valence-corrected chi connectivity index (χ3v) is 4.29. The van der Waals surface area contributed by atoms with Gasteiger partial charge >= 0.3 is 6.18 Å². The Morgan fingerprint density at radius 2 is 2.15 bits per heavy atom. The number of halogens is 3. The van der Waals surface area contributed by atoms with E-state index >= 15 is 0 Å². The Morgan fingerprint density at radius 1 is 1.45 bits per heavy atom. The van der Waals surface area contributed by atoms with E-state index in [-0.39, 0.29) is 31.4 Å². The first-order valence-corrected chi connectivity index (χ1v) is 6.92. The minimum atomic E-state index is -4.26. The van der Waals surface area contributed by atoms with Crippen molar-refractivity contribution < 1.29 is 22.7 Å². The second-order valence-corrected chi connectivity index (χ2v) is 5.98. The minimum Gasteiger partial charge on any atom is -0.375 e. The molecule has 4 nitrogen and oxygen atoms in total. The van der Waals surface area contributed by atoms with E-state index in [0.29, 0.717) is 13.2 Å². The SMILES string of the molecule is CC1(C)C(C(F)(F)F)CCN1C(=O)CC1CNCCO1. The van der Waals surface area contributed by atoms with Gasteiger partial charge in [-0.05, 0) is 20.3 Å². The predicted octanol–water partition coefficient (Wildman–Crippen LogP) is 1.55. The van der Waals surface area contributed by atoms with Crippen molar-refractivity contribution >= 4 is 5.91 Å². The molecule has 2 aliphatic heterocycles. The van der Waals surface area contributed by atoms with Gasteiger partial charge in [0.2, 0.25) is 5.91 Å². The zero-order valence-electron chi connectivity index (χ0n) is 11.8. The number of morpholine rings is 1. The molecule has 2 unspecified atom stereocenters. The lowest BCUT2D eigenvalue weighted by Crippen LogP contribution is -2.51. The van der Waals surface area contributed by atoms with Crippen LogP contribution in [0.3, 0.4) is 0 Å². The quantitative estimate of drug-likeness (QED) is 0.840. The van der Waals surface area contributed by atoms with Crippen LogP contribution < -0.4 is 5.32 Å². The monoisotopic (exact) mass is 294 g/mol. The van der Waals surface area contributed by atoms with E-state index in [4.69, 9.17) is 4.74 Å². The molecule has 0 bridgehead atoms. The third kappa shape index (κ3) is 3.09. The van der Waals surface area contributed by atoms with Gasteiger partial charge < -0.3 is 15.0 Å². The number of rotatable bonds is 2. The molecule has 2 heterocycles. The summed E-state index contributed by atoms with van der Waals surface area (Å²) in [5.74, 6) is -1.71. The molecule has 2 rings (SSSR count). The van der Waals surface area contributed by atoms with Crippen molar-refractivity contribution in [2.24, 2.45) is 5.92 Å². The first-order valence-electron chi connectivity index (χ1n) is 6.92. The van der Waals surface area contributed by atoms with E-state index in [0.717, 1.165) is 6.54 Å². The first kappa shape index (κ1) is 15.6. The van der Waals surface area contributed by atoms with Crippen molar-refractivity contribution in [1.29, 1.82) is 0 Å². The molecule has 0 radical (unpaired) electrons. The number of amides is 1. The third-order valence-electron chi connectivity index (χ3n) is 4.29. The Hall–Kier alpha value is -0.820. The zero-order valence-corrected chi connectivity index (χ0v) is 11.8. The Kier molecular flexibility index (Phi) is 4.30. The highest BCUT2D eigenvalue weighted by atomic mass is 19.4. The number of carbonyl (C=O) groups excluding carboxylic acids is 1. The fourth-order valence-electron chi connectivity index (χ4n) is 3.15. The molecule has 2 fully saturated rings. The summed E-state index contributed by atoms with van der Waals surface area (Å²) >= 11 is 0. The molecule has 0 aromatic carbocycles. The molecule has 1 N–H and O–H groups in total. The Morgan fingerprint density at radius 3 is 2.65 bits per heavy atom. The van der Waals surface area contributed by atoms with E-state index in [1.807, 2.05) is 0 Å². The van der Waals surface area contributed by atoms with Gasteiger partial charge in [0.25, 0.3) is 0 Å². The first-order chi connectivity index (χ1) is 9.23. The van der Waals surface area contributed by atoms with Crippen LogP contribution in [0, 0.1) is 5.92 Å². The molecular formula is C13H21F3N2O2. The Labute approximate surface area is 116 Å². The number of nitrogens with zero attached hydrogens (tertiary/aromatic N) is 1. The predicted molar refractivity (Wildman–Crippen MR) is 67.2 cm³/mol. The summed E-state index contributed by atoms with van der Waals surface area (Å²) in [5, 5.41) is 3.11. The molecule has 0 spiro atoms. The van der Waals surface area contributed by atoms with Crippen LogP contribution in [0.2, 0.25) is 0 Å². The smallest absolute Gasteiger partial charge is 0.375 e. The summed E-state index contributed by atoms with van der Waals surface area (Å²) in [5.41, 5.74) is -1.18. The summed E-state index contributed by atoms with van der Waals surface area (Å²) in [6, 6.07) is 0. The van der Waals surface area contributed by atoms with E-state index in [9.17, 15) is 18.0 Å². The highest BCUT2D eigenvalue weighted by Crippen LogP contribution is 2.44. The second-order valence-electron chi connectivity index (χ2n) is 5.98. The van der Waals surface area contributed by atoms with E-state index in [1.165, 1.54) is 18.7 Å². The molecule has 2 aliphatic rings. The van der Waals surface area contributed by atoms with Crippen LogP contribution in [0.4, 0.5) is 13.2 Å². The number of ether oxygens (including phenoxy) is 1. The molecular weight excluding hydrogens is 273 g/mol. The fourth-order valence-corrected chi connectivity index (χ4v) is 3.15. The molecule has 0 saturated carbocycles. The van der Waals surface area contributed by atoms with Crippen molar-refractivity contribution in [2.45, 2.75) is 44.5 Å². The van der Waals surface area contributed by atoms with Crippen LogP contribution in [-0.2, 0) is 9.53 Å². The summed E-state index contributed by atoms with van der Waals surface area (Å²) < 4.78 is 44.4. The molecule has 0 aromatic heterocycles. The maximum atomic E-state index is 13.0. The van der Waals surface area contributed by atoms with E-state index < -0.39 is 17.6 Å². The lowest BCUT2D eigenvalue weighted by atomic mass is 9.87. The molecule has 116 valence electrons. The summed E-state index contributed by atoms with van der Waals surface area (Å²) in [7, 11) is 0. The zero-order chi connectivity index (χ0) is 15.0. The van der Waals surface area contributed by atoms with Crippen molar-refractivity contribution in [3.05, 3.63) is 0 Å². The number of nitrogens with one attached hydrogen (secondary N) is 1. The average Bonchev–Trinajstić information content (AvgIpc) is 2.65. The maximum absolute atomic E-state index is 13.0. The van der Waals surface area contributed by atoms with Crippen LogP contribution in [0.15, 0.2) is 0 Å². The highest BCUT2D eigenvalue weighted by molar-refractivity contribution is 5.78. The standard InChI is InChI=1S/C13H21F3N2O2/c1-12(2)10(13(14,15)16)3-5-18(12)11(19)7-9-8-17-4-6-20-9/h9-10,17H,3-8H2,1-2H3. The summed E-state index contributed by atoms with van der Waals surface area (Å²) in [6.07, 6.45) is -4.38. The molecule has 0 aliphatic carbocycles. The Balaban J connectivity index is 2.00. The molecule has 2 atom stereocenters. The fraction of sp³-hybridized carbons (Fsp3) is 0.923. The normalized spacial score (nSPS) is 30.6. The van der Waals surface area contributed by atoms with Gasteiger partial charge in [0.05, 0.1) is 25.0 Å². The number of carbonyl (C=O) groups is 1. The Bertz CT molecular complexity index is 365. The highest BCUT2D eigenvalue weighted by Gasteiger charge is 2.56. The van der Waals surface area contributed by atoms with E-state index in [2.05, 4.69) is 5.32 Å². The number of hydrogen-bond acceptors (Lipinski definition) is 3. The van der Waals surface area contributed by atoms with Gasteiger partial charge in [-0.1, -0.05) is 0 Å². The lowest BCUT2D eigenvalue weighted by molar-refractivity contribution is -0.192. The minimum absolute atomic E-state index is 0.0218. The lowest BCUT2D eigenvalue weighted by Gasteiger charge is -2.37. The molecule has 20 heavy (non-hydrogen) atoms. The largest absolute Gasteiger partial charge is 0.394 e. The van der Waals surface area contributed by atoms with Gasteiger partial charge in [0.1, 0.15) is 0 Å². The average molecular weight is 294 g/mol. The van der Waals surface area contributed by atoms with Crippen molar-refractivity contribution in [2.75, 3.05) is 26.2 Å². The van der Waals surface area contributed by atoms with Crippen molar-refractivity contribution in [3.63, 3.8) is 0 Å².